The van der Waals surface area contributed by atoms with E-state index in [0.29, 0.717) is 12.1 Å². The van der Waals surface area contributed by atoms with Crippen LogP contribution >= 0.6 is 0 Å². The quantitative estimate of drug-likeness (QED) is 0.758. The molecule has 0 radical (unpaired) electrons. The summed E-state index contributed by atoms with van der Waals surface area (Å²) in [5, 5.41) is 24.5. The van der Waals surface area contributed by atoms with Crippen LogP contribution in [0.3, 0.4) is 0 Å². The van der Waals surface area contributed by atoms with Crippen LogP contribution in [0.5, 0.6) is 0 Å². The van der Waals surface area contributed by atoms with E-state index in [1.807, 2.05) is 60.7 Å². The Bertz CT molecular complexity index is 548. The van der Waals surface area contributed by atoms with Gasteiger partial charge in [-0.3, -0.25) is 0 Å². The van der Waals surface area contributed by atoms with E-state index < -0.39 is 12.2 Å². The summed E-state index contributed by atoms with van der Waals surface area (Å²) in [7, 11) is 0. The van der Waals surface area contributed by atoms with Crippen molar-refractivity contribution in [2.45, 2.75) is 56.4 Å². The monoisotopic (exact) mass is 325 g/mol. The van der Waals surface area contributed by atoms with Crippen molar-refractivity contribution in [2.24, 2.45) is 0 Å². The summed E-state index contributed by atoms with van der Waals surface area (Å²) in [6.07, 6.45) is 3.90. The highest BCUT2D eigenvalue weighted by Gasteiger charge is 2.25. The lowest BCUT2D eigenvalue weighted by atomic mass is 9.89. The first-order valence-electron chi connectivity index (χ1n) is 8.94. The second kappa shape index (κ2) is 8.43. The number of benzene rings is 2. The zero-order valence-corrected chi connectivity index (χ0v) is 14.0. The molecule has 3 heteroatoms. The fourth-order valence-corrected chi connectivity index (χ4v) is 3.64. The average Bonchev–Trinajstić information content (AvgIpc) is 2.63. The molecule has 1 fully saturated rings. The van der Waals surface area contributed by atoms with Gasteiger partial charge in [-0.15, -0.1) is 0 Å². The van der Waals surface area contributed by atoms with E-state index in [4.69, 9.17) is 0 Å². The van der Waals surface area contributed by atoms with Gasteiger partial charge < -0.3 is 15.5 Å². The molecule has 0 aliphatic carbocycles. The largest absolute Gasteiger partial charge is 0.388 e. The third-order valence-corrected chi connectivity index (χ3v) is 4.96. The normalized spacial score (nSPS) is 23.6. The van der Waals surface area contributed by atoms with Crippen molar-refractivity contribution in [1.29, 1.82) is 0 Å². The van der Waals surface area contributed by atoms with E-state index in [9.17, 15) is 10.2 Å². The summed E-state index contributed by atoms with van der Waals surface area (Å²) in [5.41, 5.74) is 1.96. The van der Waals surface area contributed by atoms with Gasteiger partial charge in [-0.25, -0.2) is 0 Å². The maximum absolute atomic E-state index is 10.4. The molecule has 0 aromatic heterocycles. The summed E-state index contributed by atoms with van der Waals surface area (Å²) in [6, 6.07) is 20.3. The van der Waals surface area contributed by atoms with E-state index in [0.717, 1.165) is 43.2 Å². The van der Waals surface area contributed by atoms with Gasteiger partial charge in [0.15, 0.2) is 0 Å². The third-order valence-electron chi connectivity index (χ3n) is 4.96. The molecule has 24 heavy (non-hydrogen) atoms. The first kappa shape index (κ1) is 17.2. The van der Waals surface area contributed by atoms with Gasteiger partial charge in [0, 0.05) is 12.1 Å². The summed E-state index contributed by atoms with van der Waals surface area (Å²) in [4.78, 5) is 0. The van der Waals surface area contributed by atoms with E-state index in [1.165, 1.54) is 0 Å². The Balaban J connectivity index is 1.53. The van der Waals surface area contributed by atoms with Crippen molar-refractivity contribution in [3.8, 4) is 0 Å². The van der Waals surface area contributed by atoms with Crippen molar-refractivity contribution in [2.75, 3.05) is 0 Å². The van der Waals surface area contributed by atoms with Crippen LogP contribution < -0.4 is 5.32 Å². The predicted molar refractivity (Wildman–Crippen MR) is 96.6 cm³/mol. The van der Waals surface area contributed by atoms with E-state index in [-0.39, 0.29) is 0 Å². The highest BCUT2D eigenvalue weighted by atomic mass is 16.3. The summed E-state index contributed by atoms with van der Waals surface area (Å²) in [5.74, 6) is 0. The van der Waals surface area contributed by atoms with Crippen molar-refractivity contribution >= 4 is 0 Å². The van der Waals surface area contributed by atoms with E-state index >= 15 is 0 Å². The lowest BCUT2D eigenvalue weighted by molar-refractivity contribution is 0.116. The van der Waals surface area contributed by atoms with Gasteiger partial charge in [0.1, 0.15) is 0 Å². The average molecular weight is 325 g/mol. The van der Waals surface area contributed by atoms with Crippen LogP contribution in [0.25, 0.3) is 0 Å². The molecule has 1 heterocycles. The Morgan fingerprint density at radius 1 is 0.750 bits per heavy atom. The minimum atomic E-state index is -0.429. The zero-order chi connectivity index (χ0) is 16.8. The van der Waals surface area contributed by atoms with Crippen molar-refractivity contribution in [1.82, 2.24) is 5.32 Å². The Kier molecular flexibility index (Phi) is 6.02. The first-order valence-corrected chi connectivity index (χ1v) is 8.94. The van der Waals surface area contributed by atoms with E-state index in [1.54, 1.807) is 0 Å². The van der Waals surface area contributed by atoms with Crippen LogP contribution in [0.2, 0.25) is 0 Å². The Hall–Kier alpha value is -1.68. The fraction of sp³-hybridized carbons (Fsp3) is 0.429. The fourth-order valence-electron chi connectivity index (χ4n) is 3.64. The molecule has 2 aromatic carbocycles. The lowest BCUT2D eigenvalue weighted by Crippen LogP contribution is -2.43. The maximum atomic E-state index is 10.4. The summed E-state index contributed by atoms with van der Waals surface area (Å²) >= 11 is 0. The molecule has 1 saturated heterocycles. The molecule has 0 spiro atoms. The van der Waals surface area contributed by atoms with Crippen LogP contribution in [0, 0.1) is 0 Å². The Labute approximate surface area is 144 Å². The molecule has 2 aromatic rings. The molecular weight excluding hydrogens is 298 g/mol. The van der Waals surface area contributed by atoms with Crippen LogP contribution in [-0.2, 0) is 0 Å². The number of nitrogens with one attached hydrogen (secondary N) is 1. The van der Waals surface area contributed by atoms with Crippen LogP contribution in [0.4, 0.5) is 0 Å². The minimum Gasteiger partial charge on any atom is -0.388 e. The van der Waals surface area contributed by atoms with Gasteiger partial charge in [-0.2, -0.15) is 0 Å². The van der Waals surface area contributed by atoms with Crippen LogP contribution in [0.1, 0.15) is 55.4 Å². The summed E-state index contributed by atoms with van der Waals surface area (Å²) in [6.45, 7) is 0. The second-order valence-electron chi connectivity index (χ2n) is 6.82. The number of hydrogen-bond acceptors (Lipinski definition) is 3. The molecule has 128 valence electrons. The van der Waals surface area contributed by atoms with Gasteiger partial charge in [-0.1, -0.05) is 67.1 Å². The topological polar surface area (TPSA) is 52.5 Å². The molecule has 3 rings (SSSR count). The minimum absolute atomic E-state index is 0.307. The molecule has 1 aliphatic rings. The SMILES string of the molecule is O[C@@H](C[C@H]1CCC[C@@H](C[C@H](O)c2ccccc2)N1)c1ccccc1. The third kappa shape index (κ3) is 4.67. The standard InChI is InChI=1S/C21H27NO2/c23-20(16-8-3-1-4-9-16)14-18-12-7-13-19(22-18)15-21(24)17-10-5-2-6-11-17/h1-6,8-11,18-24H,7,12-15H2/t18-,19+,20-,21-/m0/s1. The second-order valence-corrected chi connectivity index (χ2v) is 6.82. The number of hydrogen-bond donors (Lipinski definition) is 3. The van der Waals surface area contributed by atoms with Gasteiger partial charge in [-0.05, 0) is 36.8 Å². The van der Waals surface area contributed by atoms with E-state index in [2.05, 4.69) is 5.32 Å². The van der Waals surface area contributed by atoms with Crippen molar-refractivity contribution in [3.63, 3.8) is 0 Å². The predicted octanol–water partition coefficient (Wildman–Crippen LogP) is 3.74. The lowest BCUT2D eigenvalue weighted by Gasteiger charge is -2.33. The summed E-state index contributed by atoms with van der Waals surface area (Å²) < 4.78 is 0. The molecule has 3 nitrogen and oxygen atoms in total. The smallest absolute Gasteiger partial charge is 0.0804 e. The Morgan fingerprint density at radius 3 is 1.58 bits per heavy atom. The van der Waals surface area contributed by atoms with Crippen molar-refractivity contribution < 1.29 is 10.2 Å². The maximum Gasteiger partial charge on any atom is 0.0804 e. The van der Waals surface area contributed by atoms with Crippen molar-refractivity contribution in [3.05, 3.63) is 71.8 Å². The van der Waals surface area contributed by atoms with Gasteiger partial charge >= 0.3 is 0 Å². The zero-order valence-electron chi connectivity index (χ0n) is 14.0. The highest BCUT2D eigenvalue weighted by Crippen LogP contribution is 2.27. The molecule has 4 atom stereocenters. The molecular formula is C21H27NO2. The number of rotatable bonds is 6. The number of aliphatic hydroxyl groups excluding tert-OH is 2. The van der Waals surface area contributed by atoms with Gasteiger partial charge in [0.25, 0.3) is 0 Å². The highest BCUT2D eigenvalue weighted by molar-refractivity contribution is 5.18. The number of aliphatic hydroxyl groups is 2. The molecule has 0 amide bonds. The van der Waals surface area contributed by atoms with Crippen LogP contribution in [0.15, 0.2) is 60.7 Å². The number of piperidine rings is 1. The molecule has 0 saturated carbocycles. The Morgan fingerprint density at radius 2 is 1.17 bits per heavy atom. The van der Waals surface area contributed by atoms with Gasteiger partial charge in [0.05, 0.1) is 12.2 Å². The molecule has 3 N–H and O–H groups in total. The molecule has 1 aliphatic heterocycles. The molecule has 0 unspecified atom stereocenters. The van der Waals surface area contributed by atoms with Crippen LogP contribution in [-0.4, -0.2) is 22.3 Å². The van der Waals surface area contributed by atoms with Gasteiger partial charge in [0.2, 0.25) is 0 Å². The first-order chi connectivity index (χ1) is 11.7. The molecule has 0 bridgehead atoms.